The molecule has 4 heteroatoms. The second-order valence-corrected chi connectivity index (χ2v) is 4.72. The highest BCUT2D eigenvalue weighted by Crippen LogP contribution is 2.37. The number of H-pyrrole nitrogens is 1. The maximum Gasteiger partial charge on any atom is 0.145 e. The van der Waals surface area contributed by atoms with Gasteiger partial charge in [-0.15, -0.1) is 11.8 Å². The molecule has 2 aromatic rings. The SMILES string of the molecule is Nc1cc(-c2cccc3c2CCS3)[nH]n1. The summed E-state index contributed by atoms with van der Waals surface area (Å²) >= 11 is 1.92. The zero-order valence-corrected chi connectivity index (χ0v) is 8.97. The first kappa shape index (κ1) is 8.85. The summed E-state index contributed by atoms with van der Waals surface area (Å²) in [4.78, 5) is 1.39. The van der Waals surface area contributed by atoms with Crippen LogP contribution in [0.5, 0.6) is 0 Å². The van der Waals surface area contributed by atoms with Gasteiger partial charge < -0.3 is 5.73 Å². The summed E-state index contributed by atoms with van der Waals surface area (Å²) in [5.41, 5.74) is 9.29. The van der Waals surface area contributed by atoms with Crippen molar-refractivity contribution in [2.45, 2.75) is 11.3 Å². The molecule has 1 aliphatic heterocycles. The molecule has 0 saturated heterocycles. The van der Waals surface area contributed by atoms with Crippen LogP contribution in [0.3, 0.4) is 0 Å². The molecule has 1 aromatic carbocycles. The van der Waals surface area contributed by atoms with Crippen molar-refractivity contribution in [2.75, 3.05) is 11.5 Å². The van der Waals surface area contributed by atoms with Gasteiger partial charge in [-0.1, -0.05) is 12.1 Å². The predicted octanol–water partition coefficient (Wildman–Crippen LogP) is 2.31. The maximum absolute atomic E-state index is 5.61. The van der Waals surface area contributed by atoms with Crippen LogP contribution in [0.4, 0.5) is 5.82 Å². The van der Waals surface area contributed by atoms with Crippen molar-refractivity contribution < 1.29 is 0 Å². The quantitative estimate of drug-likeness (QED) is 0.770. The van der Waals surface area contributed by atoms with Gasteiger partial charge in [0.1, 0.15) is 5.82 Å². The van der Waals surface area contributed by atoms with Gasteiger partial charge in [-0.25, -0.2) is 0 Å². The Morgan fingerprint density at radius 2 is 2.33 bits per heavy atom. The van der Waals surface area contributed by atoms with Gasteiger partial charge >= 0.3 is 0 Å². The van der Waals surface area contributed by atoms with E-state index in [4.69, 9.17) is 5.73 Å². The van der Waals surface area contributed by atoms with E-state index in [0.717, 1.165) is 12.1 Å². The van der Waals surface area contributed by atoms with E-state index in [2.05, 4.69) is 28.4 Å². The lowest BCUT2D eigenvalue weighted by Crippen LogP contribution is -1.87. The number of nitrogens with two attached hydrogens (primary N) is 1. The average Bonchev–Trinajstić information content (AvgIpc) is 2.84. The van der Waals surface area contributed by atoms with Crippen LogP contribution in [0.15, 0.2) is 29.2 Å². The molecule has 0 unspecified atom stereocenters. The number of rotatable bonds is 1. The topological polar surface area (TPSA) is 54.7 Å². The molecule has 3 rings (SSSR count). The van der Waals surface area contributed by atoms with Gasteiger partial charge in [0.2, 0.25) is 0 Å². The van der Waals surface area contributed by atoms with Crippen molar-refractivity contribution in [2.24, 2.45) is 0 Å². The molecule has 3 nitrogen and oxygen atoms in total. The zero-order chi connectivity index (χ0) is 10.3. The maximum atomic E-state index is 5.61. The minimum Gasteiger partial charge on any atom is -0.382 e. The van der Waals surface area contributed by atoms with E-state index < -0.39 is 0 Å². The normalized spacial score (nSPS) is 14.1. The Labute approximate surface area is 92.1 Å². The van der Waals surface area contributed by atoms with E-state index >= 15 is 0 Å². The largest absolute Gasteiger partial charge is 0.382 e. The van der Waals surface area contributed by atoms with E-state index in [9.17, 15) is 0 Å². The zero-order valence-electron chi connectivity index (χ0n) is 8.16. The highest BCUT2D eigenvalue weighted by Gasteiger charge is 2.16. The minimum absolute atomic E-state index is 0.549. The number of nitrogen functional groups attached to an aromatic ring is 1. The molecule has 0 saturated carbocycles. The predicted molar refractivity (Wildman–Crippen MR) is 62.9 cm³/mol. The highest BCUT2D eigenvalue weighted by molar-refractivity contribution is 7.99. The van der Waals surface area contributed by atoms with E-state index in [1.807, 2.05) is 17.8 Å². The fourth-order valence-electron chi connectivity index (χ4n) is 1.95. The Morgan fingerprint density at radius 1 is 1.40 bits per heavy atom. The van der Waals surface area contributed by atoms with Crippen molar-refractivity contribution in [3.8, 4) is 11.3 Å². The number of aromatic amines is 1. The number of fused-ring (bicyclic) bond motifs is 1. The van der Waals surface area contributed by atoms with Crippen molar-refractivity contribution in [3.63, 3.8) is 0 Å². The number of nitrogens with one attached hydrogen (secondary N) is 1. The smallest absolute Gasteiger partial charge is 0.145 e. The van der Waals surface area contributed by atoms with Gasteiger partial charge in [0.15, 0.2) is 0 Å². The summed E-state index contributed by atoms with van der Waals surface area (Å²) in [5, 5.41) is 6.93. The first-order valence-electron chi connectivity index (χ1n) is 4.90. The minimum atomic E-state index is 0.549. The molecule has 0 aliphatic carbocycles. The van der Waals surface area contributed by atoms with Gasteiger partial charge in [0, 0.05) is 22.3 Å². The van der Waals surface area contributed by atoms with Gasteiger partial charge in [0.25, 0.3) is 0 Å². The van der Waals surface area contributed by atoms with Gasteiger partial charge in [-0.3, -0.25) is 5.10 Å². The first-order valence-corrected chi connectivity index (χ1v) is 5.89. The lowest BCUT2D eigenvalue weighted by Gasteiger charge is -2.04. The second kappa shape index (κ2) is 3.31. The van der Waals surface area contributed by atoms with E-state index in [0.29, 0.717) is 5.82 Å². The molecule has 2 heterocycles. The number of nitrogens with zero attached hydrogens (tertiary/aromatic N) is 1. The fourth-order valence-corrected chi connectivity index (χ4v) is 3.04. The van der Waals surface area contributed by atoms with Crippen molar-refractivity contribution >= 4 is 17.6 Å². The molecule has 3 N–H and O–H groups in total. The van der Waals surface area contributed by atoms with Crippen LogP contribution in [0.1, 0.15) is 5.56 Å². The summed E-state index contributed by atoms with van der Waals surface area (Å²) in [7, 11) is 0. The summed E-state index contributed by atoms with van der Waals surface area (Å²) < 4.78 is 0. The Morgan fingerprint density at radius 3 is 3.13 bits per heavy atom. The third-order valence-corrected chi connectivity index (χ3v) is 3.73. The van der Waals surface area contributed by atoms with E-state index in [-0.39, 0.29) is 0 Å². The number of benzene rings is 1. The van der Waals surface area contributed by atoms with Crippen molar-refractivity contribution in [1.29, 1.82) is 0 Å². The molecular formula is C11H11N3S. The van der Waals surface area contributed by atoms with Crippen molar-refractivity contribution in [3.05, 3.63) is 29.8 Å². The van der Waals surface area contributed by atoms with Crippen LogP contribution in [0.25, 0.3) is 11.3 Å². The van der Waals surface area contributed by atoms with Crippen LogP contribution < -0.4 is 5.73 Å². The van der Waals surface area contributed by atoms with Crippen molar-refractivity contribution in [1.82, 2.24) is 10.2 Å². The molecule has 0 amide bonds. The van der Waals surface area contributed by atoms with E-state index in [1.54, 1.807) is 0 Å². The molecule has 0 radical (unpaired) electrons. The summed E-state index contributed by atoms with van der Waals surface area (Å²) in [6.07, 6.45) is 1.13. The van der Waals surface area contributed by atoms with Crippen LogP contribution in [0.2, 0.25) is 0 Å². The third kappa shape index (κ3) is 1.41. The Hall–Kier alpha value is -1.42. The molecule has 1 aliphatic rings. The fraction of sp³-hybridized carbons (Fsp3) is 0.182. The van der Waals surface area contributed by atoms with Crippen LogP contribution in [-0.4, -0.2) is 16.0 Å². The summed E-state index contributed by atoms with van der Waals surface area (Å²) in [6, 6.07) is 8.27. The summed E-state index contributed by atoms with van der Waals surface area (Å²) in [5.74, 6) is 1.73. The average molecular weight is 217 g/mol. The van der Waals surface area contributed by atoms with Crippen LogP contribution in [0, 0.1) is 0 Å². The molecule has 1 aromatic heterocycles. The molecule has 76 valence electrons. The number of thioether (sulfide) groups is 1. The second-order valence-electron chi connectivity index (χ2n) is 3.59. The van der Waals surface area contributed by atoms with Gasteiger partial charge in [-0.2, -0.15) is 5.10 Å². The molecule has 0 fully saturated rings. The molecule has 0 atom stereocenters. The number of hydrogen-bond acceptors (Lipinski definition) is 3. The number of hydrogen-bond donors (Lipinski definition) is 2. The molecular weight excluding hydrogens is 206 g/mol. The lowest BCUT2D eigenvalue weighted by molar-refractivity contribution is 1.09. The standard InChI is InChI=1S/C11H11N3S/c12-11-6-9(13-14-11)7-2-1-3-10-8(7)4-5-15-10/h1-3,6H,4-5H2,(H3,12,13,14). The Bertz CT molecular complexity index is 504. The summed E-state index contributed by atoms with van der Waals surface area (Å²) in [6.45, 7) is 0. The van der Waals surface area contributed by atoms with Crippen LogP contribution >= 0.6 is 11.8 Å². The van der Waals surface area contributed by atoms with Crippen LogP contribution in [-0.2, 0) is 6.42 Å². The first-order chi connectivity index (χ1) is 7.34. The Kier molecular flexibility index (Phi) is 1.95. The number of anilines is 1. The monoisotopic (exact) mass is 217 g/mol. The van der Waals surface area contributed by atoms with Gasteiger partial charge in [-0.05, 0) is 18.1 Å². The number of aromatic nitrogens is 2. The van der Waals surface area contributed by atoms with E-state index in [1.165, 1.54) is 21.8 Å². The Balaban J connectivity index is 2.16. The molecule has 0 bridgehead atoms. The molecule has 0 spiro atoms. The highest BCUT2D eigenvalue weighted by atomic mass is 32.2. The van der Waals surface area contributed by atoms with Gasteiger partial charge in [0.05, 0.1) is 5.69 Å². The lowest BCUT2D eigenvalue weighted by atomic mass is 10.0. The third-order valence-electron chi connectivity index (χ3n) is 2.63. The molecule has 15 heavy (non-hydrogen) atoms.